The molecule has 14 heteroatoms. The molecule has 1 saturated heterocycles. The molecule has 4 aromatic rings. The number of nitrogens with zero attached hydrogens (tertiary/aromatic N) is 6. The lowest BCUT2D eigenvalue weighted by molar-refractivity contribution is 0.0636. The van der Waals surface area contributed by atoms with Crippen molar-refractivity contribution in [3.63, 3.8) is 0 Å². The molecule has 6 rings (SSSR count). The Labute approximate surface area is 255 Å². The van der Waals surface area contributed by atoms with Crippen molar-refractivity contribution in [3.8, 4) is 17.3 Å². The molecule has 0 aliphatic carbocycles. The van der Waals surface area contributed by atoms with E-state index in [1.807, 2.05) is 23.9 Å². The topological polar surface area (TPSA) is 137 Å². The summed E-state index contributed by atoms with van der Waals surface area (Å²) in [6, 6.07) is 2.02. The Balaban J connectivity index is 1.53. The van der Waals surface area contributed by atoms with Crippen LogP contribution in [-0.4, -0.2) is 76.0 Å². The molecule has 2 atom stereocenters. The van der Waals surface area contributed by atoms with Gasteiger partial charge in [0.2, 0.25) is 5.95 Å². The quantitative estimate of drug-likeness (QED) is 0.317. The molecular weight excluding hydrogens is 597 g/mol. The fourth-order valence-electron chi connectivity index (χ4n) is 5.59. The molecule has 0 bridgehead atoms. The van der Waals surface area contributed by atoms with Crippen LogP contribution in [0, 0.1) is 17.1 Å². The van der Waals surface area contributed by atoms with Crippen LogP contribution in [0.1, 0.15) is 37.5 Å². The number of likely N-dealkylation sites (N-methyl/N-ethyl adjacent to an activating group) is 1. The zero-order chi connectivity index (χ0) is 30.8. The van der Waals surface area contributed by atoms with Crippen molar-refractivity contribution < 1.29 is 23.8 Å². The number of thiophene rings is 1. The van der Waals surface area contributed by atoms with Crippen molar-refractivity contribution in [3.05, 3.63) is 39.9 Å². The number of hydrogen-bond donors (Lipinski definition) is 2. The molecule has 1 fully saturated rings. The number of rotatable bonds is 4. The highest BCUT2D eigenvalue weighted by atomic mass is 35.5. The average molecular weight is 626 g/mol. The number of carbonyl (C=O) groups is 1. The minimum Gasteiger partial charge on any atom is -0.444 e. The summed E-state index contributed by atoms with van der Waals surface area (Å²) < 4.78 is 28.4. The van der Waals surface area contributed by atoms with Gasteiger partial charge in [0, 0.05) is 41.8 Å². The molecular formula is C29H29ClFN7O4S. The van der Waals surface area contributed by atoms with Gasteiger partial charge in [0.05, 0.1) is 46.3 Å². The third-order valence-electron chi connectivity index (χ3n) is 7.52. The Morgan fingerprint density at radius 1 is 1.28 bits per heavy atom. The zero-order valence-corrected chi connectivity index (χ0v) is 25.7. The maximum absolute atomic E-state index is 16.8. The van der Waals surface area contributed by atoms with Crippen LogP contribution >= 0.6 is 22.9 Å². The molecule has 11 nitrogen and oxygen atoms in total. The van der Waals surface area contributed by atoms with Crippen LogP contribution in [0.3, 0.4) is 0 Å². The highest BCUT2D eigenvalue weighted by molar-refractivity contribution is 7.24. The number of halogens is 2. The first-order chi connectivity index (χ1) is 20.4. The minimum atomic E-state index is -0.756. The van der Waals surface area contributed by atoms with E-state index in [-0.39, 0.29) is 51.6 Å². The second kappa shape index (κ2) is 10.8. The number of pyridine rings is 1. The number of hydrogen-bond acceptors (Lipinski definition) is 11. The Kier molecular flexibility index (Phi) is 7.38. The molecule has 2 N–H and O–H groups in total. The normalized spacial score (nSPS) is 18.5. The van der Waals surface area contributed by atoms with E-state index in [1.54, 1.807) is 27.0 Å². The molecule has 2 aliphatic heterocycles. The van der Waals surface area contributed by atoms with E-state index < -0.39 is 23.6 Å². The fourth-order valence-corrected chi connectivity index (χ4v) is 6.89. The van der Waals surface area contributed by atoms with E-state index in [1.165, 1.54) is 6.20 Å². The third-order valence-corrected chi connectivity index (χ3v) is 9.06. The summed E-state index contributed by atoms with van der Waals surface area (Å²) in [6.07, 6.45) is 1.64. The number of fused-ring (bicyclic) bond motifs is 4. The summed E-state index contributed by atoms with van der Waals surface area (Å²) in [4.78, 5) is 30.0. The number of ether oxygens (including phenoxy) is 2. The highest BCUT2D eigenvalue weighted by Crippen LogP contribution is 2.47. The number of nitrogens with one attached hydrogen (secondary N) is 1. The first-order valence-electron chi connectivity index (χ1n) is 13.6. The summed E-state index contributed by atoms with van der Waals surface area (Å²) >= 11 is 7.60. The number of β-amino-alcohol motifs (C(OH)–C–C–N with tert-alkyl or cyclic N) is 1. The predicted molar refractivity (Wildman–Crippen MR) is 162 cm³/mol. The van der Waals surface area contributed by atoms with Gasteiger partial charge in [0.25, 0.3) is 0 Å². The molecule has 0 saturated carbocycles. The summed E-state index contributed by atoms with van der Waals surface area (Å²) in [6.45, 7) is 6.34. The molecule has 5 heterocycles. The van der Waals surface area contributed by atoms with E-state index >= 15 is 4.39 Å². The summed E-state index contributed by atoms with van der Waals surface area (Å²) in [5, 5.41) is 24.7. The number of aromatic nitrogens is 3. The van der Waals surface area contributed by atoms with Crippen molar-refractivity contribution in [2.75, 3.05) is 37.4 Å². The van der Waals surface area contributed by atoms with E-state index in [0.29, 0.717) is 40.1 Å². The zero-order valence-electron chi connectivity index (χ0n) is 24.2. The van der Waals surface area contributed by atoms with Crippen molar-refractivity contribution in [2.24, 2.45) is 0 Å². The molecule has 0 spiro atoms. The second-order valence-corrected chi connectivity index (χ2v) is 13.2. The molecule has 2 aliphatic rings. The first-order valence-corrected chi connectivity index (χ1v) is 14.8. The number of anilines is 2. The Morgan fingerprint density at radius 3 is 2.70 bits per heavy atom. The number of carbonyl (C=O) groups excluding carboxylic acids is 1. The maximum Gasteiger partial charge on any atom is 0.412 e. The van der Waals surface area contributed by atoms with Crippen LogP contribution in [0.25, 0.3) is 32.2 Å². The summed E-state index contributed by atoms with van der Waals surface area (Å²) in [5.74, 6) is -0.342. The van der Waals surface area contributed by atoms with Gasteiger partial charge in [-0.15, -0.1) is 11.3 Å². The molecule has 224 valence electrons. The van der Waals surface area contributed by atoms with Crippen LogP contribution in [0.5, 0.6) is 0 Å². The van der Waals surface area contributed by atoms with Gasteiger partial charge in [-0.3, -0.25) is 10.3 Å². The van der Waals surface area contributed by atoms with Crippen LogP contribution in [0.4, 0.5) is 20.1 Å². The lowest BCUT2D eigenvalue weighted by atomic mass is 9.94. The van der Waals surface area contributed by atoms with Crippen molar-refractivity contribution in [1.29, 1.82) is 5.26 Å². The smallest absolute Gasteiger partial charge is 0.412 e. The standard InChI is InChI=1S/C29H29ClFN7O4S/c1-29(2,3)42-28(40)36-26-13(6-32)21-24(33-8-17(30)25(21)43-26)20-16-12-41-11-15(16)14-7-34-27(35-23(14)22(20)31)38-9-18(37(4)5)19(39)10-38/h7-8,18-19,39H,9-12H2,1-5H3,(H,36,40)/t18-,19+/m1/s1. The summed E-state index contributed by atoms with van der Waals surface area (Å²) in [7, 11) is 3.78. The average Bonchev–Trinajstić information content (AvgIpc) is 3.66. The summed E-state index contributed by atoms with van der Waals surface area (Å²) in [5.41, 5.74) is 1.07. The number of aliphatic hydroxyl groups is 1. The number of aliphatic hydroxyl groups excluding tert-OH is 1. The maximum atomic E-state index is 16.8. The molecule has 3 aromatic heterocycles. The van der Waals surface area contributed by atoms with Gasteiger partial charge in [-0.2, -0.15) is 5.26 Å². The number of benzene rings is 1. The van der Waals surface area contributed by atoms with Gasteiger partial charge >= 0.3 is 6.09 Å². The van der Waals surface area contributed by atoms with Gasteiger partial charge < -0.3 is 24.4 Å². The van der Waals surface area contributed by atoms with E-state index in [4.69, 9.17) is 21.1 Å². The van der Waals surface area contributed by atoms with Crippen molar-refractivity contribution in [2.45, 2.75) is 51.7 Å². The Hall–Kier alpha value is -3.67. The van der Waals surface area contributed by atoms with Gasteiger partial charge in [-0.1, -0.05) is 11.6 Å². The van der Waals surface area contributed by atoms with E-state index in [9.17, 15) is 15.2 Å². The monoisotopic (exact) mass is 625 g/mol. The van der Waals surface area contributed by atoms with Gasteiger partial charge in [0.1, 0.15) is 22.2 Å². The van der Waals surface area contributed by atoms with Gasteiger partial charge in [0.15, 0.2) is 5.82 Å². The SMILES string of the molecule is CN(C)[C@@H]1CN(c2ncc3c4c(c(-c5ncc(Cl)c6sc(NC(=O)OC(C)(C)C)c(C#N)c56)c(F)c3n2)COC4)C[C@@H]1O. The van der Waals surface area contributed by atoms with Crippen molar-refractivity contribution in [1.82, 2.24) is 19.9 Å². The fraction of sp³-hybridized carbons (Fsp3) is 0.414. The second-order valence-electron chi connectivity index (χ2n) is 11.8. The molecule has 0 radical (unpaired) electrons. The Morgan fingerprint density at radius 2 is 2.02 bits per heavy atom. The van der Waals surface area contributed by atoms with Crippen LogP contribution in [0.15, 0.2) is 12.4 Å². The van der Waals surface area contributed by atoms with Gasteiger partial charge in [-0.05, 0) is 46.0 Å². The number of nitriles is 1. The highest BCUT2D eigenvalue weighted by Gasteiger charge is 2.35. The van der Waals surface area contributed by atoms with Crippen LogP contribution in [0.2, 0.25) is 5.02 Å². The first kappa shape index (κ1) is 29.4. The van der Waals surface area contributed by atoms with Crippen LogP contribution < -0.4 is 10.2 Å². The third kappa shape index (κ3) is 5.13. The lowest BCUT2D eigenvalue weighted by Crippen LogP contribution is -2.38. The Bertz CT molecular complexity index is 1830. The molecule has 0 unspecified atom stereocenters. The van der Waals surface area contributed by atoms with E-state index in [2.05, 4.69) is 26.3 Å². The lowest BCUT2D eigenvalue weighted by Gasteiger charge is -2.21. The minimum absolute atomic E-state index is 0.0813. The van der Waals surface area contributed by atoms with Crippen molar-refractivity contribution >= 4 is 61.0 Å². The largest absolute Gasteiger partial charge is 0.444 e. The predicted octanol–water partition coefficient (Wildman–Crippen LogP) is 5.06. The van der Waals surface area contributed by atoms with Crippen LogP contribution in [-0.2, 0) is 22.7 Å². The number of amides is 1. The molecule has 1 amide bonds. The molecule has 1 aromatic carbocycles. The molecule has 43 heavy (non-hydrogen) atoms. The van der Waals surface area contributed by atoms with Gasteiger partial charge in [-0.25, -0.2) is 19.2 Å². The van der Waals surface area contributed by atoms with E-state index in [0.717, 1.165) is 16.9 Å².